The normalized spacial score (nSPS) is 10.8. The summed E-state index contributed by atoms with van der Waals surface area (Å²) in [5.74, 6) is -1.15. The molecule has 1 heterocycles. The molecule has 3 rings (SSSR count). The summed E-state index contributed by atoms with van der Waals surface area (Å²) in [7, 11) is 1.26. The molecule has 0 aliphatic carbocycles. The lowest BCUT2D eigenvalue weighted by atomic mass is 10.2. The van der Waals surface area contributed by atoms with E-state index in [1.54, 1.807) is 18.2 Å². The number of aromatic nitrogens is 2. The van der Waals surface area contributed by atoms with Gasteiger partial charge in [0, 0.05) is 17.3 Å². The van der Waals surface area contributed by atoms with Gasteiger partial charge in [0.2, 0.25) is 0 Å². The van der Waals surface area contributed by atoms with E-state index < -0.39 is 12.5 Å². The number of hydrogen-bond donors (Lipinski definition) is 1. The Morgan fingerprint density at radius 3 is 2.69 bits per heavy atom. The number of rotatable bonds is 7. The van der Waals surface area contributed by atoms with Crippen LogP contribution in [0, 0.1) is 5.82 Å². The first-order chi connectivity index (χ1) is 13.9. The van der Waals surface area contributed by atoms with E-state index in [-0.39, 0.29) is 40.3 Å². The molecule has 1 N–H and O–H groups in total. The molecule has 0 fully saturated rings. The van der Waals surface area contributed by atoms with Gasteiger partial charge in [0.25, 0.3) is 5.91 Å². The van der Waals surface area contributed by atoms with E-state index in [1.165, 1.54) is 42.3 Å². The van der Waals surface area contributed by atoms with Crippen LogP contribution in [0.1, 0.15) is 15.9 Å². The maximum atomic E-state index is 13.8. The Morgan fingerprint density at radius 1 is 1.24 bits per heavy atom. The zero-order chi connectivity index (χ0) is 21.0. The van der Waals surface area contributed by atoms with Crippen molar-refractivity contribution < 1.29 is 27.4 Å². The molecule has 0 saturated carbocycles. The van der Waals surface area contributed by atoms with Gasteiger partial charge in [-0.2, -0.15) is 13.9 Å². The van der Waals surface area contributed by atoms with E-state index in [1.807, 2.05) is 0 Å². The monoisotopic (exact) mass is 425 g/mol. The van der Waals surface area contributed by atoms with Gasteiger partial charge in [-0.1, -0.05) is 29.8 Å². The first-order valence-electron chi connectivity index (χ1n) is 8.28. The summed E-state index contributed by atoms with van der Waals surface area (Å²) >= 11 is 6.10. The lowest BCUT2D eigenvalue weighted by Crippen LogP contribution is -2.14. The summed E-state index contributed by atoms with van der Waals surface area (Å²) in [4.78, 5) is 12.5. The highest BCUT2D eigenvalue weighted by Crippen LogP contribution is 2.30. The third-order valence-electron chi connectivity index (χ3n) is 3.88. The molecule has 0 unspecified atom stereocenters. The summed E-state index contributed by atoms with van der Waals surface area (Å²) < 4.78 is 49.3. The van der Waals surface area contributed by atoms with E-state index in [4.69, 9.17) is 16.3 Å². The Labute approximate surface area is 168 Å². The van der Waals surface area contributed by atoms with Crippen LogP contribution in [0.5, 0.6) is 11.5 Å². The molecular formula is C19H15ClF3N3O3. The summed E-state index contributed by atoms with van der Waals surface area (Å²) in [6.45, 7) is -2.91. The second-order valence-corrected chi connectivity index (χ2v) is 6.22. The molecule has 2 aromatic carbocycles. The van der Waals surface area contributed by atoms with E-state index in [9.17, 15) is 18.0 Å². The van der Waals surface area contributed by atoms with Gasteiger partial charge in [-0.25, -0.2) is 4.39 Å². The molecule has 0 spiro atoms. The molecule has 152 valence electrons. The Balaban J connectivity index is 1.75. The number of carbonyl (C=O) groups is 1. The number of anilines is 1. The van der Waals surface area contributed by atoms with Crippen LogP contribution in [0.25, 0.3) is 0 Å². The third kappa shape index (κ3) is 5.00. The van der Waals surface area contributed by atoms with Gasteiger partial charge in [0.15, 0.2) is 17.3 Å². The van der Waals surface area contributed by atoms with Gasteiger partial charge in [-0.3, -0.25) is 9.48 Å². The second kappa shape index (κ2) is 8.87. The van der Waals surface area contributed by atoms with Gasteiger partial charge in [0.1, 0.15) is 10.8 Å². The molecular weight excluding hydrogens is 411 g/mol. The number of alkyl halides is 2. The molecule has 29 heavy (non-hydrogen) atoms. The van der Waals surface area contributed by atoms with Crippen LogP contribution in [0.3, 0.4) is 0 Å². The van der Waals surface area contributed by atoms with Gasteiger partial charge in [0.05, 0.1) is 13.7 Å². The van der Waals surface area contributed by atoms with E-state index in [2.05, 4.69) is 15.2 Å². The lowest BCUT2D eigenvalue weighted by Gasteiger charge is -2.11. The number of ether oxygens (including phenoxy) is 2. The number of benzene rings is 2. The predicted molar refractivity (Wildman–Crippen MR) is 100 cm³/mol. The van der Waals surface area contributed by atoms with Crippen molar-refractivity contribution in [2.45, 2.75) is 13.2 Å². The number of carbonyl (C=O) groups excluding carboxylic acids is 1. The highest BCUT2D eigenvalue weighted by Gasteiger charge is 2.17. The zero-order valence-electron chi connectivity index (χ0n) is 15.0. The van der Waals surface area contributed by atoms with Gasteiger partial charge in [-0.15, -0.1) is 0 Å². The predicted octanol–water partition coefficient (Wildman–Crippen LogP) is 4.59. The summed E-state index contributed by atoms with van der Waals surface area (Å²) in [5.41, 5.74) is 0.520. The van der Waals surface area contributed by atoms with Crippen LogP contribution in [-0.2, 0) is 6.54 Å². The van der Waals surface area contributed by atoms with Crippen molar-refractivity contribution in [3.63, 3.8) is 0 Å². The molecule has 6 nitrogen and oxygen atoms in total. The van der Waals surface area contributed by atoms with Crippen LogP contribution in [-0.4, -0.2) is 29.4 Å². The fourth-order valence-electron chi connectivity index (χ4n) is 2.55. The molecule has 0 bridgehead atoms. The number of halogens is 4. The number of nitrogens with one attached hydrogen (secondary N) is 1. The van der Waals surface area contributed by atoms with Crippen molar-refractivity contribution in [2.24, 2.45) is 0 Å². The molecule has 0 saturated heterocycles. The average molecular weight is 426 g/mol. The lowest BCUT2D eigenvalue weighted by molar-refractivity contribution is -0.0512. The number of methoxy groups -OCH3 is 1. The standard InChI is InChI=1S/C19H15ClF3N3O3/c1-28-16-8-11(6-7-15(16)29-19(22)23)18(27)24-17-13(20)10-26(25-17)9-12-4-2-3-5-14(12)21/h2-8,10,19H,9H2,1H3,(H,24,25,27). The molecule has 1 amide bonds. The minimum absolute atomic E-state index is 0.0332. The van der Waals surface area contributed by atoms with Gasteiger partial charge < -0.3 is 14.8 Å². The molecule has 10 heteroatoms. The van der Waals surface area contributed by atoms with Crippen LogP contribution in [0.4, 0.5) is 19.0 Å². The highest BCUT2D eigenvalue weighted by atomic mass is 35.5. The fourth-order valence-corrected chi connectivity index (χ4v) is 2.74. The van der Waals surface area contributed by atoms with Crippen molar-refractivity contribution >= 4 is 23.3 Å². The molecule has 1 aromatic heterocycles. The van der Waals surface area contributed by atoms with Crippen LogP contribution >= 0.6 is 11.6 Å². The van der Waals surface area contributed by atoms with E-state index in [0.29, 0.717) is 5.56 Å². The van der Waals surface area contributed by atoms with E-state index in [0.717, 1.165) is 0 Å². The molecule has 0 radical (unpaired) electrons. The fraction of sp³-hybridized carbons (Fsp3) is 0.158. The average Bonchev–Trinajstić information content (AvgIpc) is 3.02. The number of hydrogen-bond acceptors (Lipinski definition) is 4. The summed E-state index contributed by atoms with van der Waals surface area (Å²) in [6, 6.07) is 9.94. The Morgan fingerprint density at radius 2 is 2.00 bits per heavy atom. The molecule has 0 aliphatic rings. The van der Waals surface area contributed by atoms with Crippen molar-refractivity contribution in [1.29, 1.82) is 0 Å². The Kier molecular flexibility index (Phi) is 6.28. The van der Waals surface area contributed by atoms with E-state index >= 15 is 0 Å². The quantitative estimate of drug-likeness (QED) is 0.601. The highest BCUT2D eigenvalue weighted by molar-refractivity contribution is 6.33. The second-order valence-electron chi connectivity index (χ2n) is 5.81. The van der Waals surface area contributed by atoms with Gasteiger partial charge in [-0.05, 0) is 24.3 Å². The molecule has 0 atom stereocenters. The van der Waals surface area contributed by atoms with Crippen molar-refractivity contribution in [1.82, 2.24) is 9.78 Å². The van der Waals surface area contributed by atoms with Crippen LogP contribution in [0.15, 0.2) is 48.7 Å². The largest absolute Gasteiger partial charge is 0.493 e. The minimum atomic E-state index is -3.03. The topological polar surface area (TPSA) is 65.4 Å². The zero-order valence-corrected chi connectivity index (χ0v) is 15.8. The SMILES string of the molecule is COc1cc(C(=O)Nc2nn(Cc3ccccc3F)cc2Cl)ccc1OC(F)F. The summed E-state index contributed by atoms with van der Waals surface area (Å²) in [6.07, 6.45) is 1.45. The Bertz CT molecular complexity index is 1030. The maximum Gasteiger partial charge on any atom is 0.387 e. The first kappa shape index (κ1) is 20.5. The number of nitrogens with zero attached hydrogens (tertiary/aromatic N) is 2. The third-order valence-corrected chi connectivity index (χ3v) is 4.16. The van der Waals surface area contributed by atoms with Crippen molar-refractivity contribution in [3.8, 4) is 11.5 Å². The minimum Gasteiger partial charge on any atom is -0.493 e. The maximum absolute atomic E-state index is 13.8. The first-order valence-corrected chi connectivity index (χ1v) is 8.65. The van der Waals surface area contributed by atoms with Gasteiger partial charge >= 0.3 is 6.61 Å². The van der Waals surface area contributed by atoms with Crippen LogP contribution in [0.2, 0.25) is 5.02 Å². The van der Waals surface area contributed by atoms with Crippen molar-refractivity contribution in [3.05, 3.63) is 70.6 Å². The van der Waals surface area contributed by atoms with Crippen molar-refractivity contribution in [2.75, 3.05) is 12.4 Å². The number of amides is 1. The molecule has 0 aliphatic heterocycles. The smallest absolute Gasteiger partial charge is 0.387 e. The summed E-state index contributed by atoms with van der Waals surface area (Å²) in [5, 5.41) is 6.81. The molecule has 3 aromatic rings. The Hall–Kier alpha value is -3.20. The van der Waals surface area contributed by atoms with Crippen LogP contribution < -0.4 is 14.8 Å².